The topological polar surface area (TPSA) is 26.0 Å². The molecule has 0 radical (unpaired) electrons. The Morgan fingerprint density at radius 2 is 0.929 bits per heavy atom. The first kappa shape index (κ1) is 23.6. The molecule has 0 aliphatic carbocycles. The highest BCUT2D eigenvalue weighted by Crippen LogP contribution is 1.99. The van der Waals surface area contributed by atoms with E-state index < -0.39 is 0 Å². The summed E-state index contributed by atoms with van der Waals surface area (Å²) in [6.07, 6.45) is 3.69. The van der Waals surface area contributed by atoms with Crippen LogP contribution in [0.5, 0.6) is 0 Å². The molecule has 0 rings (SSSR count). The second-order valence-electron chi connectivity index (χ2n) is 3.34. The third-order valence-electron chi connectivity index (χ3n) is 1.41. The van der Waals surface area contributed by atoms with Crippen LogP contribution in [0.1, 0.15) is 81.6 Å². The van der Waals surface area contributed by atoms with Gasteiger partial charge in [0.2, 0.25) is 0 Å². The van der Waals surface area contributed by atoms with Crippen LogP contribution in [0.2, 0.25) is 0 Å². The molecule has 0 atom stereocenters. The van der Waals surface area contributed by atoms with Crippen molar-refractivity contribution in [3.05, 3.63) is 0 Å². The van der Waals surface area contributed by atoms with Crippen molar-refractivity contribution in [1.82, 2.24) is 0 Å². The lowest BCUT2D eigenvalue weighted by atomic mass is 10.1. The second kappa shape index (κ2) is 23.1. The summed E-state index contributed by atoms with van der Waals surface area (Å²) in [4.78, 5) is 0. The van der Waals surface area contributed by atoms with Crippen LogP contribution in [0.3, 0.4) is 0 Å². The molecule has 0 unspecified atom stereocenters. The fourth-order valence-electron chi connectivity index (χ4n) is 0. The molecule has 1 heteroatoms. The molecule has 0 aromatic rings. The minimum absolute atomic E-state index is 0.0417. The van der Waals surface area contributed by atoms with Gasteiger partial charge in [0.1, 0.15) is 0 Å². The molecular formula is C13H35N. The Labute approximate surface area is 93.5 Å². The fraction of sp³-hybridized carbons (Fsp3) is 1.00. The Balaban J connectivity index is -0.0000000546. The summed E-state index contributed by atoms with van der Waals surface area (Å²) in [5, 5.41) is 0. The van der Waals surface area contributed by atoms with E-state index in [-0.39, 0.29) is 5.54 Å². The van der Waals surface area contributed by atoms with Crippen LogP contribution in [0, 0.1) is 0 Å². The van der Waals surface area contributed by atoms with E-state index in [4.69, 9.17) is 5.73 Å². The van der Waals surface area contributed by atoms with Crippen molar-refractivity contribution in [3.8, 4) is 0 Å². The second-order valence-corrected chi connectivity index (χ2v) is 3.34. The first-order valence-corrected chi connectivity index (χ1v) is 6.26. The maximum absolute atomic E-state index is 5.53. The van der Waals surface area contributed by atoms with Crippen LogP contribution in [-0.4, -0.2) is 5.54 Å². The first-order chi connectivity index (χ1) is 6.47. The summed E-state index contributed by atoms with van der Waals surface area (Å²) in [5.74, 6) is 0. The molecule has 0 saturated heterocycles. The van der Waals surface area contributed by atoms with Gasteiger partial charge in [-0.3, -0.25) is 0 Å². The van der Waals surface area contributed by atoms with E-state index in [0.29, 0.717) is 0 Å². The van der Waals surface area contributed by atoms with E-state index in [0.717, 1.165) is 6.42 Å². The van der Waals surface area contributed by atoms with Crippen LogP contribution in [-0.2, 0) is 0 Å². The van der Waals surface area contributed by atoms with Gasteiger partial charge in [0, 0.05) is 5.54 Å². The summed E-state index contributed by atoms with van der Waals surface area (Å²) in [6.45, 7) is 18.5. The minimum atomic E-state index is 0.0417. The van der Waals surface area contributed by atoms with E-state index in [1.54, 1.807) is 0 Å². The average molecular weight is 205 g/mol. The normalized spacial score (nSPS) is 8.14. The van der Waals surface area contributed by atoms with Crippen molar-refractivity contribution < 1.29 is 0 Å². The smallest absolute Gasteiger partial charge is 0.00944 e. The van der Waals surface area contributed by atoms with Crippen molar-refractivity contribution >= 4 is 0 Å². The van der Waals surface area contributed by atoms with E-state index in [9.17, 15) is 0 Å². The van der Waals surface area contributed by atoms with E-state index >= 15 is 0 Å². The number of unbranched alkanes of at least 4 members (excludes halogenated alkanes) is 1. The highest BCUT2D eigenvalue weighted by atomic mass is 14.7. The molecule has 0 aliphatic heterocycles. The molecule has 0 bridgehead atoms. The zero-order valence-electron chi connectivity index (χ0n) is 12.2. The number of rotatable bonds is 2. The zero-order chi connectivity index (χ0) is 12.6. The molecular weight excluding hydrogens is 170 g/mol. The van der Waals surface area contributed by atoms with Crippen LogP contribution >= 0.6 is 0 Å². The average Bonchev–Trinajstić information content (AvgIpc) is 2.23. The molecule has 0 saturated carbocycles. The van der Waals surface area contributed by atoms with Crippen LogP contribution in [0.4, 0.5) is 0 Å². The maximum Gasteiger partial charge on any atom is 0.00944 e. The summed E-state index contributed by atoms with van der Waals surface area (Å²) < 4.78 is 0. The van der Waals surface area contributed by atoms with Crippen LogP contribution in [0.15, 0.2) is 0 Å². The highest BCUT2D eigenvalue weighted by molar-refractivity contribution is 4.66. The lowest BCUT2D eigenvalue weighted by molar-refractivity contribution is 0.501. The molecule has 0 heterocycles. The molecule has 0 aromatic carbocycles. The number of nitrogens with two attached hydrogens (primary N) is 1. The fourth-order valence-corrected chi connectivity index (χ4v) is 0. The van der Waals surface area contributed by atoms with Crippen molar-refractivity contribution in [3.63, 3.8) is 0 Å². The van der Waals surface area contributed by atoms with E-state index in [1.807, 2.05) is 41.5 Å². The van der Waals surface area contributed by atoms with Gasteiger partial charge in [0.05, 0.1) is 0 Å². The van der Waals surface area contributed by atoms with Crippen LogP contribution in [0.25, 0.3) is 0 Å². The van der Waals surface area contributed by atoms with Gasteiger partial charge in [-0.25, -0.2) is 0 Å². The summed E-state index contributed by atoms with van der Waals surface area (Å²) in [6, 6.07) is 0. The minimum Gasteiger partial charge on any atom is -0.326 e. The van der Waals surface area contributed by atoms with Gasteiger partial charge >= 0.3 is 0 Å². The van der Waals surface area contributed by atoms with Gasteiger partial charge < -0.3 is 5.73 Å². The van der Waals surface area contributed by atoms with Crippen molar-refractivity contribution in [1.29, 1.82) is 0 Å². The van der Waals surface area contributed by atoms with Gasteiger partial charge in [-0.1, -0.05) is 61.3 Å². The SMILES string of the molecule is CC.CC.CCC(C)(C)N.CCCC. The van der Waals surface area contributed by atoms with Crippen LogP contribution < -0.4 is 5.73 Å². The molecule has 0 aromatic heterocycles. The Hall–Kier alpha value is -0.0400. The lowest BCUT2D eigenvalue weighted by Gasteiger charge is -2.13. The lowest BCUT2D eigenvalue weighted by Crippen LogP contribution is -2.30. The molecule has 2 N–H and O–H groups in total. The quantitative estimate of drug-likeness (QED) is 0.675. The van der Waals surface area contributed by atoms with Crippen molar-refractivity contribution in [2.24, 2.45) is 5.73 Å². The van der Waals surface area contributed by atoms with Crippen molar-refractivity contribution in [2.75, 3.05) is 0 Å². The van der Waals surface area contributed by atoms with Gasteiger partial charge in [-0.05, 0) is 20.3 Å². The summed E-state index contributed by atoms with van der Waals surface area (Å²) >= 11 is 0. The first-order valence-electron chi connectivity index (χ1n) is 6.26. The third-order valence-corrected chi connectivity index (χ3v) is 1.41. The molecule has 0 fully saturated rings. The predicted octanol–water partition coefficient (Wildman–Crippen LogP) is 4.99. The third kappa shape index (κ3) is 91.6. The van der Waals surface area contributed by atoms with Gasteiger partial charge in [0.15, 0.2) is 0 Å². The van der Waals surface area contributed by atoms with E-state index in [1.165, 1.54) is 12.8 Å². The van der Waals surface area contributed by atoms with Gasteiger partial charge in [0.25, 0.3) is 0 Å². The molecule has 0 aliphatic rings. The monoisotopic (exact) mass is 205 g/mol. The number of hydrogen-bond donors (Lipinski definition) is 1. The Kier molecular flexibility index (Phi) is 39.0. The molecule has 0 amide bonds. The molecule has 14 heavy (non-hydrogen) atoms. The summed E-state index contributed by atoms with van der Waals surface area (Å²) in [7, 11) is 0. The highest BCUT2D eigenvalue weighted by Gasteiger charge is 2.03. The number of hydrogen-bond acceptors (Lipinski definition) is 1. The molecule has 1 nitrogen and oxygen atoms in total. The molecule has 0 spiro atoms. The predicted molar refractivity (Wildman–Crippen MR) is 71.8 cm³/mol. The standard InChI is InChI=1S/C5H13N.C4H10.2C2H6/c1-4-5(2,3)6;1-3-4-2;2*1-2/h4,6H2,1-3H3;3-4H2,1-2H3;2*1-2H3. The maximum atomic E-state index is 5.53. The Morgan fingerprint density at radius 3 is 0.929 bits per heavy atom. The van der Waals surface area contributed by atoms with Crippen molar-refractivity contribution in [2.45, 2.75) is 87.1 Å². The summed E-state index contributed by atoms with van der Waals surface area (Å²) in [5.41, 5.74) is 5.58. The van der Waals surface area contributed by atoms with Gasteiger partial charge in [-0.2, -0.15) is 0 Å². The molecule has 92 valence electrons. The van der Waals surface area contributed by atoms with Gasteiger partial charge in [-0.15, -0.1) is 0 Å². The zero-order valence-corrected chi connectivity index (χ0v) is 12.2. The Bertz CT molecular complexity index is 50.7. The largest absolute Gasteiger partial charge is 0.326 e. The van der Waals surface area contributed by atoms with E-state index in [2.05, 4.69) is 20.8 Å². The Morgan fingerprint density at radius 1 is 0.786 bits per heavy atom.